The van der Waals surface area contributed by atoms with Crippen molar-refractivity contribution in [1.82, 2.24) is 4.57 Å². The molecule has 0 aliphatic rings. The van der Waals surface area contributed by atoms with Crippen LogP contribution in [0.15, 0.2) is 47.4 Å². The average molecular weight is 272 g/mol. The Kier molecular flexibility index (Phi) is 4.58. The molecule has 4 nitrogen and oxygen atoms in total. The van der Waals surface area contributed by atoms with Crippen LogP contribution in [0, 0.1) is 6.92 Å². The van der Waals surface area contributed by atoms with Crippen LogP contribution in [0.5, 0.6) is 5.75 Å². The SMILES string of the molecule is Cc1ccc(C(C)N)c(OCCn2ccccc2=O)c1. The van der Waals surface area contributed by atoms with Crippen molar-refractivity contribution in [2.75, 3.05) is 6.61 Å². The number of nitrogens with two attached hydrogens (primary N) is 1. The van der Waals surface area contributed by atoms with E-state index in [-0.39, 0.29) is 11.6 Å². The highest BCUT2D eigenvalue weighted by atomic mass is 16.5. The van der Waals surface area contributed by atoms with Crippen LogP contribution in [0.3, 0.4) is 0 Å². The fourth-order valence-electron chi connectivity index (χ4n) is 2.04. The number of hydrogen-bond donors (Lipinski definition) is 1. The van der Waals surface area contributed by atoms with Crippen LogP contribution >= 0.6 is 0 Å². The summed E-state index contributed by atoms with van der Waals surface area (Å²) < 4.78 is 7.42. The van der Waals surface area contributed by atoms with Crippen molar-refractivity contribution in [3.8, 4) is 5.75 Å². The summed E-state index contributed by atoms with van der Waals surface area (Å²) in [5, 5.41) is 0. The standard InChI is InChI=1S/C16H20N2O2/c1-12-6-7-14(13(2)17)15(11-12)20-10-9-18-8-4-3-5-16(18)19/h3-8,11,13H,9-10,17H2,1-2H3. The molecule has 0 bridgehead atoms. The van der Waals surface area contributed by atoms with Gasteiger partial charge in [0.05, 0.1) is 6.54 Å². The molecule has 0 fully saturated rings. The molecule has 0 saturated carbocycles. The molecule has 0 spiro atoms. The van der Waals surface area contributed by atoms with Gasteiger partial charge >= 0.3 is 0 Å². The number of nitrogens with zero attached hydrogens (tertiary/aromatic N) is 1. The summed E-state index contributed by atoms with van der Waals surface area (Å²) in [6, 6.07) is 11.0. The maximum atomic E-state index is 11.6. The fraction of sp³-hybridized carbons (Fsp3) is 0.312. The molecule has 1 heterocycles. The molecule has 1 atom stereocenters. The predicted molar refractivity (Wildman–Crippen MR) is 80.0 cm³/mol. The number of pyridine rings is 1. The monoisotopic (exact) mass is 272 g/mol. The minimum absolute atomic E-state index is 0.0206. The summed E-state index contributed by atoms with van der Waals surface area (Å²) in [6.07, 6.45) is 1.76. The van der Waals surface area contributed by atoms with Gasteiger partial charge in [0, 0.05) is 23.9 Å². The van der Waals surface area contributed by atoms with Crippen molar-refractivity contribution >= 4 is 0 Å². The van der Waals surface area contributed by atoms with Crippen molar-refractivity contribution in [2.45, 2.75) is 26.4 Å². The molecule has 20 heavy (non-hydrogen) atoms. The molecule has 0 aliphatic carbocycles. The third kappa shape index (κ3) is 3.48. The van der Waals surface area contributed by atoms with Crippen LogP contribution in [0.2, 0.25) is 0 Å². The predicted octanol–water partition coefficient (Wildman–Crippen LogP) is 2.26. The molecule has 2 aromatic rings. The van der Waals surface area contributed by atoms with E-state index in [0.29, 0.717) is 13.2 Å². The second-order valence-corrected chi connectivity index (χ2v) is 4.91. The molecule has 0 amide bonds. The highest BCUT2D eigenvalue weighted by Gasteiger charge is 2.08. The van der Waals surface area contributed by atoms with Gasteiger partial charge in [0.25, 0.3) is 5.56 Å². The van der Waals surface area contributed by atoms with E-state index in [0.717, 1.165) is 16.9 Å². The summed E-state index contributed by atoms with van der Waals surface area (Å²) in [5.74, 6) is 0.795. The number of rotatable bonds is 5. The van der Waals surface area contributed by atoms with Crippen LogP contribution in [0.4, 0.5) is 0 Å². The van der Waals surface area contributed by atoms with Crippen LogP contribution < -0.4 is 16.0 Å². The average Bonchev–Trinajstić information content (AvgIpc) is 2.41. The van der Waals surface area contributed by atoms with E-state index in [1.165, 1.54) is 0 Å². The van der Waals surface area contributed by atoms with Gasteiger partial charge in [-0.3, -0.25) is 4.79 Å². The van der Waals surface area contributed by atoms with Gasteiger partial charge in [0.1, 0.15) is 12.4 Å². The second kappa shape index (κ2) is 6.39. The number of hydrogen-bond acceptors (Lipinski definition) is 3. The van der Waals surface area contributed by atoms with E-state index in [2.05, 4.69) is 0 Å². The van der Waals surface area contributed by atoms with E-state index < -0.39 is 0 Å². The zero-order chi connectivity index (χ0) is 14.5. The van der Waals surface area contributed by atoms with Crippen molar-refractivity contribution in [3.05, 3.63) is 64.1 Å². The van der Waals surface area contributed by atoms with Crippen LogP contribution in [0.1, 0.15) is 24.1 Å². The first-order valence-corrected chi connectivity index (χ1v) is 6.72. The summed E-state index contributed by atoms with van der Waals surface area (Å²) in [4.78, 5) is 11.6. The maximum Gasteiger partial charge on any atom is 0.250 e. The van der Waals surface area contributed by atoms with Crippen LogP contribution in [-0.2, 0) is 6.54 Å². The molecule has 0 radical (unpaired) electrons. The normalized spacial score (nSPS) is 12.2. The minimum atomic E-state index is -0.0787. The van der Waals surface area contributed by atoms with Crippen molar-refractivity contribution in [2.24, 2.45) is 5.73 Å². The summed E-state index contributed by atoms with van der Waals surface area (Å²) in [6.45, 7) is 4.90. The van der Waals surface area contributed by atoms with E-state index in [1.54, 1.807) is 22.9 Å². The third-order valence-corrected chi connectivity index (χ3v) is 3.15. The van der Waals surface area contributed by atoms with Crippen LogP contribution in [-0.4, -0.2) is 11.2 Å². The summed E-state index contributed by atoms with van der Waals surface area (Å²) >= 11 is 0. The Labute approximate surface area is 118 Å². The van der Waals surface area contributed by atoms with Crippen molar-refractivity contribution in [1.29, 1.82) is 0 Å². The molecular formula is C16H20N2O2. The molecule has 2 rings (SSSR count). The van der Waals surface area contributed by atoms with Crippen molar-refractivity contribution < 1.29 is 4.74 Å². The first kappa shape index (κ1) is 14.3. The van der Waals surface area contributed by atoms with E-state index in [1.807, 2.05) is 38.1 Å². The third-order valence-electron chi connectivity index (χ3n) is 3.15. The zero-order valence-corrected chi connectivity index (χ0v) is 11.9. The Morgan fingerprint density at radius 1 is 1.30 bits per heavy atom. The lowest BCUT2D eigenvalue weighted by atomic mass is 10.1. The lowest BCUT2D eigenvalue weighted by Crippen LogP contribution is -2.21. The van der Waals surface area contributed by atoms with E-state index >= 15 is 0 Å². The first-order valence-electron chi connectivity index (χ1n) is 6.72. The van der Waals surface area contributed by atoms with Gasteiger partial charge in [-0.25, -0.2) is 0 Å². The lowest BCUT2D eigenvalue weighted by molar-refractivity contribution is 0.292. The van der Waals surface area contributed by atoms with Crippen molar-refractivity contribution in [3.63, 3.8) is 0 Å². The molecule has 4 heteroatoms. The molecular weight excluding hydrogens is 252 g/mol. The molecule has 1 aromatic carbocycles. The smallest absolute Gasteiger partial charge is 0.250 e. The largest absolute Gasteiger partial charge is 0.491 e. The molecule has 1 unspecified atom stereocenters. The van der Waals surface area contributed by atoms with Gasteiger partial charge in [0.15, 0.2) is 0 Å². The van der Waals surface area contributed by atoms with Gasteiger partial charge in [-0.1, -0.05) is 18.2 Å². The Hall–Kier alpha value is -2.07. The van der Waals surface area contributed by atoms with Gasteiger partial charge in [-0.15, -0.1) is 0 Å². The second-order valence-electron chi connectivity index (χ2n) is 4.91. The molecule has 0 aliphatic heterocycles. The topological polar surface area (TPSA) is 57.2 Å². The number of aromatic nitrogens is 1. The molecule has 106 valence electrons. The minimum Gasteiger partial charge on any atom is -0.491 e. The molecule has 1 aromatic heterocycles. The van der Waals surface area contributed by atoms with E-state index in [9.17, 15) is 4.79 Å². The van der Waals surface area contributed by atoms with Gasteiger partial charge in [0.2, 0.25) is 0 Å². The highest BCUT2D eigenvalue weighted by molar-refractivity contribution is 5.38. The molecule has 0 saturated heterocycles. The van der Waals surface area contributed by atoms with Gasteiger partial charge in [-0.2, -0.15) is 0 Å². The van der Waals surface area contributed by atoms with Gasteiger partial charge in [-0.05, 0) is 31.5 Å². The number of ether oxygens (including phenoxy) is 1. The molecule has 2 N–H and O–H groups in total. The Morgan fingerprint density at radius 2 is 2.10 bits per heavy atom. The lowest BCUT2D eigenvalue weighted by Gasteiger charge is -2.15. The summed E-state index contributed by atoms with van der Waals surface area (Å²) in [7, 11) is 0. The fourth-order valence-corrected chi connectivity index (χ4v) is 2.04. The Morgan fingerprint density at radius 3 is 2.80 bits per heavy atom. The van der Waals surface area contributed by atoms with Gasteiger partial charge < -0.3 is 15.0 Å². The Balaban J connectivity index is 2.06. The number of aryl methyl sites for hydroxylation is 1. The highest BCUT2D eigenvalue weighted by Crippen LogP contribution is 2.25. The van der Waals surface area contributed by atoms with Crippen LogP contribution in [0.25, 0.3) is 0 Å². The maximum absolute atomic E-state index is 11.6. The van der Waals surface area contributed by atoms with E-state index in [4.69, 9.17) is 10.5 Å². The summed E-state index contributed by atoms with van der Waals surface area (Å²) in [5.41, 5.74) is 8.02. The quantitative estimate of drug-likeness (QED) is 0.908. The number of benzene rings is 1. The first-order chi connectivity index (χ1) is 9.58. The zero-order valence-electron chi connectivity index (χ0n) is 11.9. The Bertz CT molecular complexity index is 632.